The molecule has 1 aliphatic carbocycles. The summed E-state index contributed by atoms with van der Waals surface area (Å²) < 4.78 is 0. The van der Waals surface area contributed by atoms with Crippen LogP contribution in [-0.4, -0.2) is 11.6 Å². The standard InChI is InChI=1S/C18H23N3O/c19-18(22)12-7-13-5-8-15(9-6-13)17-11-10-14-3-1-2-4-16(14)20-21-17/h1-4,10-11,13,15,20H,5-9,12H2,(H2,19,22). The fourth-order valence-corrected chi connectivity index (χ4v) is 3.40. The fourth-order valence-electron chi connectivity index (χ4n) is 3.40. The highest BCUT2D eigenvalue weighted by atomic mass is 16.1. The number of hydrazone groups is 1. The molecule has 1 saturated carbocycles. The quantitative estimate of drug-likeness (QED) is 0.892. The highest BCUT2D eigenvalue weighted by Gasteiger charge is 2.24. The van der Waals surface area contributed by atoms with Gasteiger partial charge in [0.15, 0.2) is 0 Å². The Bertz CT molecular complexity index is 598. The number of nitrogens with two attached hydrogens (primary N) is 1. The molecule has 2 aliphatic rings. The zero-order valence-corrected chi connectivity index (χ0v) is 12.8. The van der Waals surface area contributed by atoms with E-state index in [9.17, 15) is 4.79 Å². The zero-order valence-electron chi connectivity index (χ0n) is 12.8. The molecule has 0 unspecified atom stereocenters. The van der Waals surface area contributed by atoms with Gasteiger partial charge in [-0.25, -0.2) is 0 Å². The number of hydrogen-bond donors (Lipinski definition) is 2. The molecule has 0 saturated heterocycles. The molecule has 0 atom stereocenters. The van der Waals surface area contributed by atoms with Crippen molar-refractivity contribution in [1.29, 1.82) is 0 Å². The summed E-state index contributed by atoms with van der Waals surface area (Å²) in [4.78, 5) is 10.9. The maximum atomic E-state index is 10.9. The molecule has 22 heavy (non-hydrogen) atoms. The second kappa shape index (κ2) is 6.77. The van der Waals surface area contributed by atoms with Crippen LogP contribution in [0.5, 0.6) is 0 Å². The first kappa shape index (κ1) is 14.8. The largest absolute Gasteiger partial charge is 0.370 e. The summed E-state index contributed by atoms with van der Waals surface area (Å²) in [5.41, 5.74) is 11.8. The molecule has 1 amide bonds. The number of anilines is 1. The molecule has 0 radical (unpaired) electrons. The van der Waals surface area contributed by atoms with Crippen LogP contribution in [0.4, 0.5) is 5.69 Å². The highest BCUT2D eigenvalue weighted by Crippen LogP contribution is 2.33. The van der Waals surface area contributed by atoms with Gasteiger partial charge in [-0.05, 0) is 55.7 Å². The van der Waals surface area contributed by atoms with E-state index >= 15 is 0 Å². The van der Waals surface area contributed by atoms with Gasteiger partial charge in [-0.2, -0.15) is 5.10 Å². The molecule has 4 heteroatoms. The number of carbonyl (C=O) groups is 1. The maximum absolute atomic E-state index is 10.9. The number of carbonyl (C=O) groups excluding carboxylic acids is 1. The van der Waals surface area contributed by atoms with Crippen LogP contribution >= 0.6 is 0 Å². The number of amides is 1. The molecule has 4 nitrogen and oxygen atoms in total. The summed E-state index contributed by atoms with van der Waals surface area (Å²) in [6.07, 6.45) is 10.4. The van der Waals surface area contributed by atoms with E-state index in [2.05, 4.69) is 28.7 Å². The summed E-state index contributed by atoms with van der Waals surface area (Å²) in [5.74, 6) is 0.979. The van der Waals surface area contributed by atoms with E-state index in [1.54, 1.807) is 0 Å². The number of rotatable bonds is 4. The smallest absolute Gasteiger partial charge is 0.217 e. The van der Waals surface area contributed by atoms with Crippen LogP contribution in [0, 0.1) is 11.8 Å². The lowest BCUT2D eigenvalue weighted by Crippen LogP contribution is -2.22. The van der Waals surface area contributed by atoms with Crippen molar-refractivity contribution in [3.8, 4) is 0 Å². The van der Waals surface area contributed by atoms with E-state index in [-0.39, 0.29) is 5.91 Å². The molecular formula is C18H23N3O. The lowest BCUT2D eigenvalue weighted by atomic mass is 9.78. The van der Waals surface area contributed by atoms with Crippen LogP contribution in [0.15, 0.2) is 35.4 Å². The normalized spacial score (nSPS) is 23.9. The Morgan fingerprint density at radius 3 is 2.73 bits per heavy atom. The molecule has 0 spiro atoms. The predicted octanol–water partition coefficient (Wildman–Crippen LogP) is 3.55. The molecule has 3 rings (SSSR count). The second-order valence-electron chi connectivity index (χ2n) is 6.29. The number of hydrogen-bond acceptors (Lipinski definition) is 3. The third-order valence-electron chi connectivity index (χ3n) is 4.76. The lowest BCUT2D eigenvalue weighted by Gasteiger charge is -2.28. The van der Waals surface area contributed by atoms with Crippen LogP contribution < -0.4 is 11.2 Å². The van der Waals surface area contributed by atoms with E-state index in [4.69, 9.17) is 5.73 Å². The molecule has 0 aromatic heterocycles. The third-order valence-corrected chi connectivity index (χ3v) is 4.76. The fraction of sp³-hybridized carbons (Fsp3) is 0.444. The third kappa shape index (κ3) is 3.56. The minimum atomic E-state index is -0.180. The van der Waals surface area contributed by atoms with E-state index in [1.807, 2.05) is 18.2 Å². The predicted molar refractivity (Wildman–Crippen MR) is 90.4 cm³/mol. The van der Waals surface area contributed by atoms with Crippen molar-refractivity contribution in [1.82, 2.24) is 0 Å². The van der Waals surface area contributed by atoms with Crippen LogP contribution in [-0.2, 0) is 4.79 Å². The number of fused-ring (bicyclic) bond motifs is 1. The van der Waals surface area contributed by atoms with Crippen LogP contribution in [0.3, 0.4) is 0 Å². The molecule has 1 fully saturated rings. The van der Waals surface area contributed by atoms with Crippen LogP contribution in [0.25, 0.3) is 6.08 Å². The second-order valence-corrected chi connectivity index (χ2v) is 6.29. The topological polar surface area (TPSA) is 67.5 Å². The number of nitrogens with zero attached hydrogens (tertiary/aromatic N) is 1. The number of benzene rings is 1. The van der Waals surface area contributed by atoms with Gasteiger partial charge in [0.2, 0.25) is 5.91 Å². The lowest BCUT2D eigenvalue weighted by molar-refractivity contribution is -0.118. The molecular weight excluding hydrogens is 274 g/mol. The van der Waals surface area contributed by atoms with Gasteiger partial charge in [-0.3, -0.25) is 10.2 Å². The molecule has 1 aromatic rings. The van der Waals surface area contributed by atoms with Crippen molar-refractivity contribution >= 4 is 23.4 Å². The summed E-state index contributed by atoms with van der Waals surface area (Å²) in [7, 11) is 0. The van der Waals surface area contributed by atoms with Crippen molar-refractivity contribution in [2.24, 2.45) is 22.7 Å². The first-order valence-electron chi connectivity index (χ1n) is 8.11. The van der Waals surface area contributed by atoms with E-state index < -0.39 is 0 Å². The molecule has 116 valence electrons. The minimum Gasteiger partial charge on any atom is -0.370 e. The first-order valence-corrected chi connectivity index (χ1v) is 8.11. The summed E-state index contributed by atoms with van der Waals surface area (Å²) in [6.45, 7) is 0. The van der Waals surface area contributed by atoms with E-state index in [1.165, 1.54) is 5.56 Å². The summed E-state index contributed by atoms with van der Waals surface area (Å²) >= 11 is 0. The van der Waals surface area contributed by atoms with Gasteiger partial charge in [0, 0.05) is 12.3 Å². The molecule has 0 bridgehead atoms. The van der Waals surface area contributed by atoms with Crippen molar-refractivity contribution in [2.75, 3.05) is 5.43 Å². The van der Waals surface area contributed by atoms with Gasteiger partial charge in [0.1, 0.15) is 0 Å². The Kier molecular flexibility index (Phi) is 4.56. The molecule has 1 heterocycles. The van der Waals surface area contributed by atoms with Crippen molar-refractivity contribution in [3.63, 3.8) is 0 Å². The highest BCUT2D eigenvalue weighted by molar-refractivity contribution is 6.02. The molecule has 3 N–H and O–H groups in total. The van der Waals surface area contributed by atoms with Gasteiger partial charge < -0.3 is 5.73 Å². The summed E-state index contributed by atoms with van der Waals surface area (Å²) in [6, 6.07) is 8.20. The summed E-state index contributed by atoms with van der Waals surface area (Å²) in [5, 5.41) is 4.59. The number of nitrogens with one attached hydrogen (secondary N) is 1. The maximum Gasteiger partial charge on any atom is 0.217 e. The van der Waals surface area contributed by atoms with Gasteiger partial charge >= 0.3 is 0 Å². The average Bonchev–Trinajstić information content (AvgIpc) is 2.76. The number of primary amides is 1. The van der Waals surface area contributed by atoms with Crippen molar-refractivity contribution in [2.45, 2.75) is 38.5 Å². The number of allylic oxidation sites excluding steroid dienone is 1. The zero-order chi connectivity index (χ0) is 15.4. The molecule has 1 aliphatic heterocycles. The van der Waals surface area contributed by atoms with Gasteiger partial charge in [-0.15, -0.1) is 0 Å². The SMILES string of the molecule is NC(=O)CCC1CCC(C2=NNc3ccccc3C=C2)CC1. The van der Waals surface area contributed by atoms with E-state index in [0.717, 1.165) is 43.5 Å². The first-order chi connectivity index (χ1) is 10.7. The van der Waals surface area contributed by atoms with Gasteiger partial charge in [0.25, 0.3) is 0 Å². The van der Waals surface area contributed by atoms with Crippen LogP contribution in [0.1, 0.15) is 44.1 Å². The Hall–Kier alpha value is -2.10. The Balaban J connectivity index is 1.58. The Morgan fingerprint density at radius 2 is 1.95 bits per heavy atom. The average molecular weight is 297 g/mol. The van der Waals surface area contributed by atoms with Crippen molar-refractivity contribution < 1.29 is 4.79 Å². The number of para-hydroxylation sites is 1. The Labute approximate surface area is 131 Å². The van der Waals surface area contributed by atoms with Gasteiger partial charge in [0.05, 0.1) is 11.4 Å². The molecule has 1 aromatic carbocycles. The van der Waals surface area contributed by atoms with E-state index in [0.29, 0.717) is 18.3 Å². The van der Waals surface area contributed by atoms with Crippen molar-refractivity contribution in [3.05, 3.63) is 35.9 Å². The monoisotopic (exact) mass is 297 g/mol. The van der Waals surface area contributed by atoms with Crippen LogP contribution in [0.2, 0.25) is 0 Å². The Morgan fingerprint density at radius 1 is 1.18 bits per heavy atom. The van der Waals surface area contributed by atoms with Gasteiger partial charge in [-0.1, -0.05) is 24.3 Å². The minimum absolute atomic E-state index is 0.180.